The Morgan fingerprint density at radius 1 is 0.339 bits per heavy atom. The van der Waals surface area contributed by atoms with Crippen LogP contribution in [-0.4, -0.2) is 0 Å². The van der Waals surface area contributed by atoms with Gasteiger partial charge in [0.1, 0.15) is 0 Å². The van der Waals surface area contributed by atoms with Crippen molar-refractivity contribution in [1.29, 1.82) is 0 Å². The van der Waals surface area contributed by atoms with Crippen LogP contribution in [0.5, 0.6) is 0 Å². The molecule has 0 saturated heterocycles. The largest absolute Gasteiger partial charge is 0.310 e. The molecule has 0 amide bonds. The van der Waals surface area contributed by atoms with E-state index >= 15 is 0 Å². The van der Waals surface area contributed by atoms with E-state index in [0.717, 1.165) is 0 Å². The van der Waals surface area contributed by atoms with Gasteiger partial charge in [0.15, 0.2) is 0 Å². The third-order valence-electron chi connectivity index (χ3n) is 12.8. The van der Waals surface area contributed by atoms with Crippen LogP contribution in [0.1, 0.15) is 83.3 Å². The monoisotopic (exact) mass is 728 g/mol. The van der Waals surface area contributed by atoms with Gasteiger partial charge >= 0.3 is 0 Å². The van der Waals surface area contributed by atoms with E-state index in [2.05, 4.69) is 212 Å². The number of fused-ring (bicyclic) bond motifs is 6. The lowest BCUT2D eigenvalue weighted by Gasteiger charge is -2.30. The molecule has 0 spiro atoms. The lowest BCUT2D eigenvalue weighted by molar-refractivity contribution is 0.652. The van der Waals surface area contributed by atoms with Crippen molar-refractivity contribution in [3.63, 3.8) is 0 Å². The molecule has 2 aliphatic rings. The normalized spacial score (nSPS) is 14.2. The average molecular weight is 729 g/mol. The van der Waals surface area contributed by atoms with Crippen LogP contribution in [0.4, 0.5) is 34.1 Å². The Kier molecular flexibility index (Phi) is 8.22. The zero-order valence-corrected chi connectivity index (χ0v) is 34.6. The molecule has 0 heterocycles. The molecule has 0 aromatic heterocycles. The molecular weight excluding hydrogens is 677 g/mol. The molecule has 0 aliphatic heterocycles. The van der Waals surface area contributed by atoms with Gasteiger partial charge in [0.25, 0.3) is 0 Å². The highest BCUT2D eigenvalue weighted by atomic mass is 15.1. The molecule has 0 atom stereocenters. The van der Waals surface area contributed by atoms with Gasteiger partial charge < -0.3 is 9.80 Å². The van der Waals surface area contributed by atoms with E-state index in [1.165, 1.54) is 112 Å². The summed E-state index contributed by atoms with van der Waals surface area (Å²) < 4.78 is 0. The molecule has 0 unspecified atom stereocenters. The Balaban J connectivity index is 1.20. The van der Waals surface area contributed by atoms with Crippen molar-refractivity contribution in [2.24, 2.45) is 0 Å². The maximum Gasteiger partial charge on any atom is 0.0490 e. The van der Waals surface area contributed by atoms with Crippen molar-refractivity contribution in [1.82, 2.24) is 0 Å². The van der Waals surface area contributed by atoms with Crippen molar-refractivity contribution in [3.05, 3.63) is 189 Å². The van der Waals surface area contributed by atoms with E-state index in [4.69, 9.17) is 0 Å². The molecule has 0 fully saturated rings. The maximum atomic E-state index is 2.56. The number of anilines is 6. The molecule has 0 saturated carbocycles. The first-order valence-electron chi connectivity index (χ1n) is 20.1. The number of rotatable bonds is 6. The van der Waals surface area contributed by atoms with Gasteiger partial charge in [0, 0.05) is 45.0 Å². The van der Waals surface area contributed by atoms with E-state index in [-0.39, 0.29) is 10.8 Å². The summed E-state index contributed by atoms with van der Waals surface area (Å²) in [5.74, 6) is 0. The minimum atomic E-state index is -0.183. The smallest absolute Gasteiger partial charge is 0.0490 e. The number of aryl methyl sites for hydroxylation is 6. The molecule has 2 aliphatic carbocycles. The minimum Gasteiger partial charge on any atom is -0.310 e. The van der Waals surface area contributed by atoms with Gasteiger partial charge in [-0.2, -0.15) is 0 Å². The molecule has 2 heteroatoms. The van der Waals surface area contributed by atoms with Gasteiger partial charge in [-0.05, 0) is 192 Å². The summed E-state index contributed by atoms with van der Waals surface area (Å²) in [6, 6.07) is 50.2. The number of para-hydroxylation sites is 2. The quantitative estimate of drug-likeness (QED) is 0.168. The Morgan fingerprint density at radius 3 is 1.11 bits per heavy atom. The molecule has 9 rings (SSSR count). The topological polar surface area (TPSA) is 6.48 Å². The van der Waals surface area contributed by atoms with Crippen molar-refractivity contribution in [3.8, 4) is 22.3 Å². The number of benzene rings is 7. The lowest BCUT2D eigenvalue weighted by atomic mass is 9.79. The summed E-state index contributed by atoms with van der Waals surface area (Å²) in [5.41, 5.74) is 25.6. The van der Waals surface area contributed by atoms with Crippen molar-refractivity contribution in [2.75, 3.05) is 9.80 Å². The van der Waals surface area contributed by atoms with Crippen LogP contribution in [0.15, 0.2) is 133 Å². The average Bonchev–Trinajstić information content (AvgIpc) is 3.52. The van der Waals surface area contributed by atoms with E-state index in [0.29, 0.717) is 0 Å². The van der Waals surface area contributed by atoms with E-state index in [1.807, 2.05) is 0 Å². The van der Waals surface area contributed by atoms with Gasteiger partial charge in [-0.3, -0.25) is 0 Å². The Morgan fingerprint density at radius 2 is 0.732 bits per heavy atom. The van der Waals surface area contributed by atoms with Gasteiger partial charge in [0.2, 0.25) is 0 Å². The zero-order valence-electron chi connectivity index (χ0n) is 34.6. The molecule has 278 valence electrons. The summed E-state index contributed by atoms with van der Waals surface area (Å²) in [7, 11) is 0. The summed E-state index contributed by atoms with van der Waals surface area (Å²) in [6.45, 7) is 23.1. The van der Waals surface area contributed by atoms with Crippen LogP contribution < -0.4 is 9.80 Å². The highest BCUT2D eigenvalue weighted by molar-refractivity contribution is 5.94. The van der Waals surface area contributed by atoms with Crippen LogP contribution in [0.2, 0.25) is 0 Å². The first kappa shape index (κ1) is 35.8. The second-order valence-corrected chi connectivity index (χ2v) is 17.5. The molecule has 0 N–H and O–H groups in total. The lowest BCUT2D eigenvalue weighted by Crippen LogP contribution is -2.18. The highest BCUT2D eigenvalue weighted by Crippen LogP contribution is 2.59. The summed E-state index contributed by atoms with van der Waals surface area (Å²) in [4.78, 5) is 4.90. The SMILES string of the molecule is Cc1cccc(N(c2cc(C)c3c(c2)C(C)(C)c2cc4c(cc2-3)C(C)(C)c2cc(N(c3cccc(C)c3)c3ccccc3C)cc(C)c2-4)c2ccccc2C)c1. The summed E-state index contributed by atoms with van der Waals surface area (Å²) in [6.07, 6.45) is 0. The summed E-state index contributed by atoms with van der Waals surface area (Å²) >= 11 is 0. The second-order valence-electron chi connectivity index (χ2n) is 17.5. The fraction of sp³-hybridized carbons (Fsp3) is 0.222. The molecule has 0 radical (unpaired) electrons. The highest BCUT2D eigenvalue weighted by Gasteiger charge is 2.43. The first-order valence-corrected chi connectivity index (χ1v) is 20.1. The number of nitrogens with zero attached hydrogens (tertiary/aromatic N) is 2. The third kappa shape index (κ3) is 5.45. The standard InChI is InChI=1S/C54H52N2/c1-33-17-15-21-39(25-33)55(49-23-13-11-19-35(49)3)41-27-37(5)51-43-31-46-44(32-45(43)53(7,8)47(51)29-41)52-38(6)28-42(30-48(52)54(46,9)10)56(40-22-16-18-34(2)26-40)50-24-14-12-20-36(50)4/h11-32H,1-10H3. The van der Waals surface area contributed by atoms with Crippen LogP contribution in [0, 0.1) is 41.5 Å². The van der Waals surface area contributed by atoms with Crippen molar-refractivity contribution >= 4 is 34.1 Å². The molecule has 2 nitrogen and oxygen atoms in total. The Hall–Kier alpha value is -5.86. The molecule has 0 bridgehead atoms. The molecular formula is C54H52N2. The van der Waals surface area contributed by atoms with Crippen LogP contribution in [0.3, 0.4) is 0 Å². The fourth-order valence-electron chi connectivity index (χ4n) is 9.85. The van der Waals surface area contributed by atoms with E-state index in [1.54, 1.807) is 0 Å². The van der Waals surface area contributed by atoms with Gasteiger partial charge in [-0.25, -0.2) is 0 Å². The Bertz CT molecular complexity index is 2540. The van der Waals surface area contributed by atoms with E-state index in [9.17, 15) is 0 Å². The van der Waals surface area contributed by atoms with Gasteiger partial charge in [-0.15, -0.1) is 0 Å². The maximum absolute atomic E-state index is 2.56. The summed E-state index contributed by atoms with van der Waals surface area (Å²) in [5, 5.41) is 0. The third-order valence-corrected chi connectivity index (χ3v) is 12.8. The number of hydrogen-bond acceptors (Lipinski definition) is 2. The fourth-order valence-corrected chi connectivity index (χ4v) is 9.85. The van der Waals surface area contributed by atoms with E-state index < -0.39 is 0 Å². The number of hydrogen-bond donors (Lipinski definition) is 0. The minimum absolute atomic E-state index is 0.183. The van der Waals surface area contributed by atoms with Crippen molar-refractivity contribution in [2.45, 2.75) is 80.1 Å². The predicted octanol–water partition coefficient (Wildman–Crippen LogP) is 15.1. The Labute approximate surface area is 334 Å². The zero-order chi connectivity index (χ0) is 39.3. The molecule has 7 aromatic rings. The van der Waals surface area contributed by atoms with Crippen molar-refractivity contribution < 1.29 is 0 Å². The van der Waals surface area contributed by atoms with Crippen LogP contribution in [-0.2, 0) is 10.8 Å². The van der Waals surface area contributed by atoms with Crippen LogP contribution in [0.25, 0.3) is 22.3 Å². The first-order chi connectivity index (χ1) is 26.8. The predicted molar refractivity (Wildman–Crippen MR) is 239 cm³/mol. The molecule has 56 heavy (non-hydrogen) atoms. The van der Waals surface area contributed by atoms with Crippen LogP contribution >= 0.6 is 0 Å². The van der Waals surface area contributed by atoms with Gasteiger partial charge in [0.05, 0.1) is 0 Å². The molecule has 7 aromatic carbocycles. The van der Waals surface area contributed by atoms with Gasteiger partial charge in [-0.1, -0.05) is 88.4 Å². The second kappa shape index (κ2) is 12.8.